The molecule has 0 aromatic heterocycles. The van der Waals surface area contributed by atoms with E-state index < -0.39 is 0 Å². The summed E-state index contributed by atoms with van der Waals surface area (Å²) in [6.45, 7) is 2.61. The van der Waals surface area contributed by atoms with Crippen molar-refractivity contribution in [2.75, 3.05) is 6.61 Å². The average molecular weight is 218 g/mol. The molecule has 4 N–H and O–H groups in total. The number of aryl methyl sites for hydroxylation is 1. The zero-order valence-electron chi connectivity index (χ0n) is 9.10. The summed E-state index contributed by atoms with van der Waals surface area (Å²) in [5.74, 6) is 0.839. The number of fused-ring (bicyclic) bond motifs is 1. The molecule has 16 heavy (non-hydrogen) atoms. The van der Waals surface area contributed by atoms with Crippen molar-refractivity contribution >= 4 is 11.7 Å². The maximum Gasteiger partial charge on any atom is 0.211 e. The number of rotatable bonds is 1. The summed E-state index contributed by atoms with van der Waals surface area (Å²) in [5.41, 5.74) is 13.4. The van der Waals surface area contributed by atoms with Crippen molar-refractivity contribution < 1.29 is 4.74 Å². The van der Waals surface area contributed by atoms with Crippen LogP contribution in [0.4, 0.5) is 0 Å². The van der Waals surface area contributed by atoms with Gasteiger partial charge in [0.1, 0.15) is 5.75 Å². The Balaban J connectivity index is 2.45. The monoisotopic (exact) mass is 218 g/mol. The van der Waals surface area contributed by atoms with Crippen LogP contribution in [-0.4, -0.2) is 18.3 Å². The molecule has 84 valence electrons. The van der Waals surface area contributed by atoms with E-state index in [2.05, 4.69) is 10.2 Å². The third kappa shape index (κ3) is 1.98. The van der Waals surface area contributed by atoms with Crippen LogP contribution in [0.15, 0.2) is 28.4 Å². The van der Waals surface area contributed by atoms with Gasteiger partial charge in [-0.3, -0.25) is 0 Å². The largest absolute Gasteiger partial charge is 0.492 e. The van der Waals surface area contributed by atoms with E-state index >= 15 is 0 Å². The molecule has 0 unspecified atom stereocenters. The second-order valence-corrected chi connectivity index (χ2v) is 3.62. The Morgan fingerprint density at radius 3 is 2.94 bits per heavy atom. The van der Waals surface area contributed by atoms with Gasteiger partial charge in [-0.2, -0.15) is 5.10 Å². The highest BCUT2D eigenvalue weighted by atomic mass is 16.5. The number of guanidine groups is 1. The minimum Gasteiger partial charge on any atom is -0.492 e. The normalized spacial score (nSPS) is 16.4. The van der Waals surface area contributed by atoms with Crippen LogP contribution in [0.3, 0.4) is 0 Å². The van der Waals surface area contributed by atoms with E-state index in [9.17, 15) is 0 Å². The fraction of sp³-hybridized carbons (Fsp3) is 0.273. The van der Waals surface area contributed by atoms with Gasteiger partial charge >= 0.3 is 0 Å². The second kappa shape index (κ2) is 4.22. The first-order valence-corrected chi connectivity index (χ1v) is 5.06. The smallest absolute Gasteiger partial charge is 0.211 e. The van der Waals surface area contributed by atoms with Gasteiger partial charge in [-0.1, -0.05) is 12.1 Å². The molecule has 1 aromatic carbocycles. The molecule has 1 aliphatic rings. The van der Waals surface area contributed by atoms with Crippen LogP contribution in [0.25, 0.3) is 0 Å². The molecular formula is C11H14N4O. The number of benzene rings is 1. The van der Waals surface area contributed by atoms with E-state index in [1.807, 2.05) is 25.1 Å². The summed E-state index contributed by atoms with van der Waals surface area (Å²) < 4.78 is 5.60. The van der Waals surface area contributed by atoms with E-state index in [1.165, 1.54) is 0 Å². The van der Waals surface area contributed by atoms with Gasteiger partial charge in [-0.25, -0.2) is 0 Å². The van der Waals surface area contributed by atoms with Gasteiger partial charge in [0.05, 0.1) is 12.3 Å². The molecule has 5 nitrogen and oxygen atoms in total. The van der Waals surface area contributed by atoms with Crippen molar-refractivity contribution in [3.63, 3.8) is 0 Å². The third-order valence-corrected chi connectivity index (χ3v) is 2.39. The molecule has 1 aliphatic heterocycles. The minimum absolute atomic E-state index is 0.0341. The predicted molar refractivity (Wildman–Crippen MR) is 63.6 cm³/mol. The molecule has 0 bridgehead atoms. The lowest BCUT2D eigenvalue weighted by Crippen LogP contribution is -2.23. The van der Waals surface area contributed by atoms with E-state index in [4.69, 9.17) is 16.2 Å². The quantitative estimate of drug-likeness (QED) is 0.414. The Bertz CT molecular complexity index is 461. The van der Waals surface area contributed by atoms with Crippen molar-refractivity contribution in [1.29, 1.82) is 0 Å². The molecule has 0 saturated heterocycles. The number of ether oxygens (including phenoxy) is 1. The minimum atomic E-state index is -0.0341. The highest BCUT2D eigenvalue weighted by molar-refractivity contribution is 6.04. The van der Waals surface area contributed by atoms with Gasteiger partial charge in [0.2, 0.25) is 5.96 Å². The maximum atomic E-state index is 5.60. The Morgan fingerprint density at radius 1 is 1.38 bits per heavy atom. The first kappa shape index (κ1) is 10.5. The lowest BCUT2D eigenvalue weighted by atomic mass is 10.0. The Morgan fingerprint density at radius 2 is 2.19 bits per heavy atom. The van der Waals surface area contributed by atoms with Gasteiger partial charge in [-0.05, 0) is 18.6 Å². The molecule has 0 radical (unpaired) electrons. The van der Waals surface area contributed by atoms with Crippen LogP contribution >= 0.6 is 0 Å². The van der Waals surface area contributed by atoms with E-state index in [1.54, 1.807) is 0 Å². The molecular weight excluding hydrogens is 204 g/mol. The van der Waals surface area contributed by atoms with Gasteiger partial charge < -0.3 is 16.2 Å². The Hall–Kier alpha value is -2.04. The lowest BCUT2D eigenvalue weighted by Gasteiger charge is -2.19. The molecule has 0 atom stereocenters. The van der Waals surface area contributed by atoms with Gasteiger partial charge in [0.25, 0.3) is 0 Å². The van der Waals surface area contributed by atoms with Crippen molar-refractivity contribution in [3.05, 3.63) is 29.3 Å². The molecule has 2 rings (SSSR count). The van der Waals surface area contributed by atoms with Crippen molar-refractivity contribution in [2.24, 2.45) is 21.7 Å². The van der Waals surface area contributed by atoms with Gasteiger partial charge in [0, 0.05) is 12.0 Å². The number of nitrogens with two attached hydrogens (primary N) is 2. The first-order valence-electron chi connectivity index (χ1n) is 5.06. The Kier molecular flexibility index (Phi) is 2.76. The summed E-state index contributed by atoms with van der Waals surface area (Å²) in [5, 5.41) is 7.72. The van der Waals surface area contributed by atoms with Gasteiger partial charge in [-0.15, -0.1) is 5.10 Å². The second-order valence-electron chi connectivity index (χ2n) is 3.62. The lowest BCUT2D eigenvalue weighted by molar-refractivity contribution is 0.318. The van der Waals surface area contributed by atoms with Crippen LogP contribution in [0.2, 0.25) is 0 Å². The fourth-order valence-corrected chi connectivity index (χ4v) is 1.68. The Labute approximate surface area is 93.8 Å². The number of nitrogens with zero attached hydrogens (tertiary/aromatic N) is 2. The summed E-state index contributed by atoms with van der Waals surface area (Å²) >= 11 is 0. The zero-order valence-corrected chi connectivity index (χ0v) is 9.10. The number of hydrogen-bond donors (Lipinski definition) is 2. The van der Waals surface area contributed by atoms with E-state index in [0.717, 1.165) is 22.6 Å². The highest BCUT2D eigenvalue weighted by Crippen LogP contribution is 2.28. The van der Waals surface area contributed by atoms with Crippen LogP contribution in [0.1, 0.15) is 17.5 Å². The topological polar surface area (TPSA) is 86.0 Å². The molecule has 1 heterocycles. The molecule has 0 aliphatic carbocycles. The number of hydrogen-bond acceptors (Lipinski definition) is 3. The van der Waals surface area contributed by atoms with Crippen molar-refractivity contribution in [3.8, 4) is 5.75 Å². The van der Waals surface area contributed by atoms with Crippen LogP contribution in [-0.2, 0) is 0 Å². The summed E-state index contributed by atoms with van der Waals surface area (Å²) in [6.07, 6.45) is 0.716. The van der Waals surface area contributed by atoms with E-state index in [0.29, 0.717) is 13.0 Å². The van der Waals surface area contributed by atoms with Crippen molar-refractivity contribution in [1.82, 2.24) is 0 Å². The van der Waals surface area contributed by atoms with Gasteiger partial charge in [0.15, 0.2) is 0 Å². The molecule has 0 fully saturated rings. The standard InChI is InChI=1S/C11H14N4O/c1-7-3-2-4-8-9(14-15-11(12)13)5-6-16-10(7)8/h2-4H,5-6H2,1H3,(H4,12,13,15). The van der Waals surface area contributed by atoms with Crippen molar-refractivity contribution in [2.45, 2.75) is 13.3 Å². The van der Waals surface area contributed by atoms with Crippen LogP contribution < -0.4 is 16.2 Å². The molecule has 0 spiro atoms. The highest BCUT2D eigenvalue weighted by Gasteiger charge is 2.18. The molecule has 0 saturated carbocycles. The summed E-state index contributed by atoms with van der Waals surface area (Å²) in [4.78, 5) is 0. The third-order valence-electron chi connectivity index (χ3n) is 2.39. The number of para-hydroxylation sites is 1. The van der Waals surface area contributed by atoms with E-state index in [-0.39, 0.29) is 5.96 Å². The first-order chi connectivity index (χ1) is 7.68. The maximum absolute atomic E-state index is 5.60. The average Bonchev–Trinajstić information content (AvgIpc) is 2.27. The van der Waals surface area contributed by atoms with Crippen LogP contribution in [0, 0.1) is 6.92 Å². The summed E-state index contributed by atoms with van der Waals surface area (Å²) in [7, 11) is 0. The fourth-order valence-electron chi connectivity index (χ4n) is 1.68. The zero-order chi connectivity index (χ0) is 11.5. The SMILES string of the molecule is Cc1cccc2c1OCCC2=NN=C(N)N. The predicted octanol–water partition coefficient (Wildman–Crippen LogP) is 0.755. The van der Waals surface area contributed by atoms with Crippen LogP contribution in [0.5, 0.6) is 5.75 Å². The molecule has 5 heteroatoms. The summed E-state index contributed by atoms with van der Waals surface area (Å²) in [6, 6.07) is 5.93. The molecule has 1 aromatic rings. The molecule has 0 amide bonds.